The highest BCUT2D eigenvalue weighted by Gasteiger charge is 2.18. The average Bonchev–Trinajstić information content (AvgIpc) is 2.02. The second-order valence-corrected chi connectivity index (χ2v) is 4.67. The molecule has 0 amide bonds. The average molecular weight is 185 g/mol. The van der Waals surface area contributed by atoms with E-state index in [1.807, 2.05) is 18.2 Å². The predicted octanol–water partition coefficient (Wildman–Crippen LogP) is 1.23. The van der Waals surface area contributed by atoms with Crippen LogP contribution in [0.15, 0.2) is 24.3 Å². The lowest BCUT2D eigenvalue weighted by molar-refractivity contribution is 0.599. The molecule has 1 aromatic rings. The molecule has 3 nitrogen and oxygen atoms in total. The summed E-state index contributed by atoms with van der Waals surface area (Å²) < 4.78 is 24.7. The molecule has 0 unspecified atom stereocenters. The first-order chi connectivity index (χ1) is 5.67. The van der Waals surface area contributed by atoms with E-state index in [9.17, 15) is 8.42 Å². The van der Waals surface area contributed by atoms with Gasteiger partial charge in [-0.15, -0.1) is 0 Å². The molecule has 12 heavy (non-hydrogen) atoms. The highest BCUT2D eigenvalue weighted by Crippen LogP contribution is 2.21. The molecule has 2 rings (SSSR count). The lowest BCUT2D eigenvalue weighted by Gasteiger charge is -2.17. The number of anilines is 1. The van der Waals surface area contributed by atoms with E-state index in [1.54, 1.807) is 6.07 Å². The lowest BCUT2D eigenvalue weighted by atomic mass is 10.1. The van der Waals surface area contributed by atoms with E-state index in [0.29, 0.717) is 6.42 Å². The van der Waals surface area contributed by atoms with Crippen LogP contribution in [0.1, 0.15) is 6.99 Å². The van der Waals surface area contributed by atoms with Crippen molar-refractivity contribution in [2.45, 2.75) is 6.42 Å². The Labute approximate surface area is 73.0 Å². The Kier molecular flexibility index (Phi) is 1.58. The fourth-order valence-corrected chi connectivity index (χ4v) is 2.43. The van der Waals surface area contributed by atoms with Crippen LogP contribution in [0.3, 0.4) is 0 Å². The van der Waals surface area contributed by atoms with Crippen LogP contribution in [0.25, 0.3) is 0 Å². The Morgan fingerprint density at radius 1 is 1.33 bits per heavy atom. The maximum Gasteiger partial charge on any atom is 0.233 e. The SMILES string of the molecule is O=S1(=O)CCc2ccccc2N1.[HH]. The first kappa shape index (κ1) is 7.61. The molecule has 0 spiro atoms. The highest BCUT2D eigenvalue weighted by atomic mass is 32.2. The molecule has 0 atom stereocenters. The molecule has 0 aromatic heterocycles. The Hall–Kier alpha value is -1.03. The van der Waals surface area contributed by atoms with Gasteiger partial charge in [-0.25, -0.2) is 8.42 Å². The molecule has 0 aliphatic carbocycles. The third-order valence-electron chi connectivity index (χ3n) is 1.92. The Bertz CT molecular complexity index is 402. The number of hydrogen-bond donors (Lipinski definition) is 1. The Morgan fingerprint density at radius 2 is 2.08 bits per heavy atom. The van der Waals surface area contributed by atoms with Gasteiger partial charge in [0.15, 0.2) is 0 Å². The minimum absolute atomic E-state index is 0. The molecular weight excluding hydrogens is 174 g/mol. The molecule has 1 aliphatic heterocycles. The molecule has 66 valence electrons. The van der Waals surface area contributed by atoms with Crippen molar-refractivity contribution >= 4 is 15.7 Å². The molecule has 0 fully saturated rings. The van der Waals surface area contributed by atoms with Gasteiger partial charge in [-0.1, -0.05) is 18.2 Å². The standard InChI is InChI=1S/C8H9NO2S.H2/c10-12(11)6-5-7-3-1-2-4-8(7)9-12;/h1-4,9H,5-6H2;1H. The summed E-state index contributed by atoms with van der Waals surface area (Å²) in [4.78, 5) is 0. The summed E-state index contributed by atoms with van der Waals surface area (Å²) in [6.07, 6.45) is 0.617. The number of benzene rings is 1. The van der Waals surface area contributed by atoms with Crippen LogP contribution in [-0.2, 0) is 16.4 Å². The van der Waals surface area contributed by atoms with Crippen molar-refractivity contribution in [1.29, 1.82) is 0 Å². The molecule has 4 heteroatoms. The summed E-state index contributed by atoms with van der Waals surface area (Å²) in [5, 5.41) is 0. The van der Waals surface area contributed by atoms with Crippen LogP contribution < -0.4 is 4.72 Å². The minimum Gasteiger partial charge on any atom is -0.283 e. The summed E-state index contributed by atoms with van der Waals surface area (Å²) in [5.74, 6) is 0.198. The third-order valence-corrected chi connectivity index (χ3v) is 3.20. The molecule has 0 saturated carbocycles. The van der Waals surface area contributed by atoms with Crippen molar-refractivity contribution < 1.29 is 9.84 Å². The Morgan fingerprint density at radius 3 is 2.92 bits per heavy atom. The molecule has 1 heterocycles. The van der Waals surface area contributed by atoms with Gasteiger partial charge in [0, 0.05) is 1.43 Å². The van der Waals surface area contributed by atoms with Crippen molar-refractivity contribution in [3.8, 4) is 0 Å². The fraction of sp³-hybridized carbons (Fsp3) is 0.250. The molecule has 0 bridgehead atoms. The van der Waals surface area contributed by atoms with Crippen LogP contribution in [0.5, 0.6) is 0 Å². The van der Waals surface area contributed by atoms with E-state index in [0.717, 1.165) is 11.3 Å². The second kappa shape index (κ2) is 2.48. The quantitative estimate of drug-likeness (QED) is 0.660. The maximum absolute atomic E-state index is 11.1. The molecular formula is C8H11NO2S. The number of hydrogen-bond acceptors (Lipinski definition) is 2. The zero-order valence-corrected chi connectivity index (χ0v) is 7.26. The largest absolute Gasteiger partial charge is 0.283 e. The summed E-state index contributed by atoms with van der Waals surface area (Å²) in [5.41, 5.74) is 1.80. The lowest BCUT2D eigenvalue weighted by Crippen LogP contribution is -2.23. The summed E-state index contributed by atoms with van der Waals surface area (Å²) in [6.45, 7) is 0. The van der Waals surface area contributed by atoms with Crippen LogP contribution in [0, 0.1) is 0 Å². The zero-order valence-electron chi connectivity index (χ0n) is 6.45. The monoisotopic (exact) mass is 185 g/mol. The summed E-state index contributed by atoms with van der Waals surface area (Å²) in [7, 11) is -3.05. The van der Waals surface area contributed by atoms with Gasteiger partial charge in [-0.05, 0) is 18.1 Å². The summed E-state index contributed by atoms with van der Waals surface area (Å²) >= 11 is 0. The molecule has 0 saturated heterocycles. The first-order valence-corrected chi connectivity index (χ1v) is 5.41. The highest BCUT2D eigenvalue weighted by molar-refractivity contribution is 7.92. The molecule has 0 radical (unpaired) electrons. The van der Waals surface area contributed by atoms with Crippen LogP contribution in [0.2, 0.25) is 0 Å². The van der Waals surface area contributed by atoms with Gasteiger partial charge in [0.2, 0.25) is 10.0 Å². The summed E-state index contributed by atoms with van der Waals surface area (Å²) in [6, 6.07) is 7.47. The topological polar surface area (TPSA) is 46.2 Å². The van der Waals surface area contributed by atoms with E-state index in [1.165, 1.54) is 0 Å². The van der Waals surface area contributed by atoms with E-state index in [2.05, 4.69) is 4.72 Å². The van der Waals surface area contributed by atoms with Gasteiger partial charge < -0.3 is 0 Å². The number of nitrogens with one attached hydrogen (secondary N) is 1. The smallest absolute Gasteiger partial charge is 0.233 e. The Balaban J connectivity index is 0.000000845. The fourth-order valence-electron chi connectivity index (χ4n) is 1.30. The molecule has 1 aliphatic rings. The van der Waals surface area contributed by atoms with Crippen LogP contribution in [-0.4, -0.2) is 14.2 Å². The van der Waals surface area contributed by atoms with Crippen LogP contribution in [0.4, 0.5) is 5.69 Å². The van der Waals surface area contributed by atoms with Gasteiger partial charge in [0.25, 0.3) is 0 Å². The number of sulfonamides is 1. The van der Waals surface area contributed by atoms with E-state index in [4.69, 9.17) is 0 Å². The van der Waals surface area contributed by atoms with Crippen LogP contribution >= 0.6 is 0 Å². The number of fused-ring (bicyclic) bond motifs is 1. The third kappa shape index (κ3) is 1.30. The molecule has 1 N–H and O–H groups in total. The van der Waals surface area contributed by atoms with Gasteiger partial charge in [-0.3, -0.25) is 4.72 Å². The minimum atomic E-state index is -3.05. The van der Waals surface area contributed by atoms with E-state index in [-0.39, 0.29) is 7.18 Å². The van der Waals surface area contributed by atoms with Gasteiger partial charge in [0.05, 0.1) is 11.4 Å². The van der Waals surface area contributed by atoms with Crippen molar-refractivity contribution in [3.05, 3.63) is 29.8 Å². The van der Waals surface area contributed by atoms with Crippen molar-refractivity contribution in [2.24, 2.45) is 0 Å². The van der Waals surface area contributed by atoms with Crippen molar-refractivity contribution in [2.75, 3.05) is 10.5 Å². The maximum atomic E-state index is 11.1. The van der Waals surface area contributed by atoms with E-state index >= 15 is 0 Å². The zero-order chi connectivity index (χ0) is 8.60. The van der Waals surface area contributed by atoms with Crippen molar-refractivity contribution in [3.63, 3.8) is 0 Å². The van der Waals surface area contributed by atoms with Crippen molar-refractivity contribution in [1.82, 2.24) is 0 Å². The number of para-hydroxylation sites is 1. The van der Waals surface area contributed by atoms with Gasteiger partial charge >= 0.3 is 0 Å². The number of rotatable bonds is 0. The normalized spacial score (nSPS) is 19.3. The number of aryl methyl sites for hydroxylation is 1. The predicted molar refractivity (Wildman–Crippen MR) is 49.7 cm³/mol. The second-order valence-electron chi connectivity index (χ2n) is 2.83. The van der Waals surface area contributed by atoms with Gasteiger partial charge in [0.1, 0.15) is 0 Å². The first-order valence-electron chi connectivity index (χ1n) is 3.76. The molecule has 1 aromatic carbocycles. The van der Waals surface area contributed by atoms with Gasteiger partial charge in [-0.2, -0.15) is 0 Å². The van der Waals surface area contributed by atoms with E-state index < -0.39 is 10.0 Å².